The second-order valence-electron chi connectivity index (χ2n) is 6.76. The summed E-state index contributed by atoms with van der Waals surface area (Å²) in [7, 11) is 1.74. The van der Waals surface area contributed by atoms with Gasteiger partial charge in [0, 0.05) is 50.1 Å². The molecule has 3 N–H and O–H groups in total. The van der Waals surface area contributed by atoms with Gasteiger partial charge in [-0.05, 0) is 25.5 Å². The number of hydrogen-bond donors (Lipinski definition) is 2. The number of anilines is 2. The molecule has 1 aromatic carbocycles. The van der Waals surface area contributed by atoms with Crippen LogP contribution >= 0.6 is 0 Å². The van der Waals surface area contributed by atoms with Crippen molar-refractivity contribution in [3.05, 3.63) is 65.0 Å². The fourth-order valence-electron chi connectivity index (χ4n) is 2.95. The van der Waals surface area contributed by atoms with E-state index < -0.39 is 5.82 Å². The van der Waals surface area contributed by atoms with Gasteiger partial charge in [-0.3, -0.25) is 9.79 Å². The second-order valence-corrected chi connectivity index (χ2v) is 6.76. The van der Waals surface area contributed by atoms with E-state index in [9.17, 15) is 13.6 Å². The normalized spacial score (nSPS) is 12.0. The number of benzene rings is 1. The number of pyridine rings is 1. The molecule has 0 saturated heterocycles. The third-order valence-corrected chi connectivity index (χ3v) is 4.71. The molecule has 30 heavy (non-hydrogen) atoms. The van der Waals surface area contributed by atoms with E-state index in [2.05, 4.69) is 15.3 Å². The number of nitrogens with zero attached hydrogens (tertiary/aromatic N) is 3. The molecule has 0 saturated carbocycles. The van der Waals surface area contributed by atoms with Crippen molar-refractivity contribution in [2.24, 2.45) is 10.7 Å². The minimum atomic E-state index is -0.454. The van der Waals surface area contributed by atoms with Gasteiger partial charge >= 0.3 is 0 Å². The monoisotopic (exact) mass is 415 g/mol. The van der Waals surface area contributed by atoms with Gasteiger partial charge in [0.1, 0.15) is 11.6 Å². The summed E-state index contributed by atoms with van der Waals surface area (Å²) < 4.78 is 28.3. The molecule has 0 atom stereocenters. The summed E-state index contributed by atoms with van der Waals surface area (Å²) in [4.78, 5) is 21.6. The Morgan fingerprint density at radius 1 is 1.33 bits per heavy atom. The highest BCUT2D eigenvalue weighted by Crippen LogP contribution is 2.21. The highest BCUT2D eigenvalue weighted by atomic mass is 19.1. The smallest absolute Gasteiger partial charge is 0.164 e. The van der Waals surface area contributed by atoms with Gasteiger partial charge < -0.3 is 16.0 Å². The molecule has 6 nitrogen and oxygen atoms in total. The van der Waals surface area contributed by atoms with E-state index in [4.69, 9.17) is 5.73 Å². The van der Waals surface area contributed by atoms with Gasteiger partial charge in [-0.25, -0.2) is 13.8 Å². The van der Waals surface area contributed by atoms with Crippen LogP contribution in [0.4, 0.5) is 20.3 Å². The van der Waals surface area contributed by atoms with Gasteiger partial charge in [0.15, 0.2) is 12.1 Å². The lowest BCUT2D eigenvalue weighted by atomic mass is 10.1. The first-order chi connectivity index (χ1) is 14.4. The topological polar surface area (TPSA) is 83.6 Å². The molecule has 0 fully saturated rings. The zero-order valence-corrected chi connectivity index (χ0v) is 17.5. The fourth-order valence-corrected chi connectivity index (χ4v) is 2.95. The Morgan fingerprint density at radius 3 is 2.73 bits per heavy atom. The number of nitrogens with two attached hydrogens (primary N) is 1. The first kappa shape index (κ1) is 23.0. The summed E-state index contributed by atoms with van der Waals surface area (Å²) >= 11 is 0. The lowest BCUT2D eigenvalue weighted by Crippen LogP contribution is -2.23. The molecular weight excluding hydrogens is 388 g/mol. The maximum atomic E-state index is 14.2. The number of nitrogens with one attached hydrogen (secondary N) is 1. The van der Waals surface area contributed by atoms with Gasteiger partial charge in [0.2, 0.25) is 0 Å². The molecule has 1 aromatic heterocycles. The van der Waals surface area contributed by atoms with Crippen molar-refractivity contribution in [3.63, 3.8) is 0 Å². The predicted octanol–water partition coefficient (Wildman–Crippen LogP) is 3.61. The summed E-state index contributed by atoms with van der Waals surface area (Å²) in [6.45, 7) is 4.84. The third kappa shape index (κ3) is 5.85. The van der Waals surface area contributed by atoms with Crippen molar-refractivity contribution in [1.82, 2.24) is 4.98 Å². The van der Waals surface area contributed by atoms with E-state index in [1.165, 1.54) is 12.3 Å². The Morgan fingerprint density at radius 2 is 2.10 bits per heavy atom. The average Bonchev–Trinajstić information content (AvgIpc) is 2.73. The van der Waals surface area contributed by atoms with Gasteiger partial charge in [0.05, 0.1) is 24.0 Å². The zero-order valence-electron chi connectivity index (χ0n) is 17.5. The SMILES string of the molecule is CCNc1cc(N(C)CCC(=NCc2c(C)cccc2F)/C(C=O)=C\N)c(F)cn1. The number of carbonyl (C=O) groups excluding carboxylic acids is 1. The van der Waals surface area contributed by atoms with Crippen molar-refractivity contribution in [1.29, 1.82) is 0 Å². The summed E-state index contributed by atoms with van der Waals surface area (Å²) in [6.07, 6.45) is 3.28. The minimum absolute atomic E-state index is 0.0803. The predicted molar refractivity (Wildman–Crippen MR) is 117 cm³/mol. The number of aromatic nitrogens is 1. The van der Waals surface area contributed by atoms with Crippen LogP contribution in [0.25, 0.3) is 0 Å². The number of aldehydes is 1. The molecule has 0 aliphatic heterocycles. The first-order valence-corrected chi connectivity index (χ1v) is 9.66. The van der Waals surface area contributed by atoms with E-state index in [1.807, 2.05) is 6.92 Å². The molecular formula is C22H27F2N5O. The summed E-state index contributed by atoms with van der Waals surface area (Å²) in [5, 5.41) is 3.04. The number of allylic oxidation sites excluding steroid dienone is 1. The lowest BCUT2D eigenvalue weighted by molar-refractivity contribution is -0.104. The average molecular weight is 415 g/mol. The zero-order chi connectivity index (χ0) is 22.1. The fraction of sp³-hybridized carbons (Fsp3) is 0.318. The molecule has 0 aliphatic carbocycles. The highest BCUT2D eigenvalue weighted by Gasteiger charge is 2.13. The van der Waals surface area contributed by atoms with E-state index in [0.29, 0.717) is 48.6 Å². The summed E-state index contributed by atoms with van der Waals surface area (Å²) in [6, 6.07) is 6.43. The van der Waals surface area contributed by atoms with Crippen molar-refractivity contribution in [2.45, 2.75) is 26.8 Å². The summed E-state index contributed by atoms with van der Waals surface area (Å²) in [5.41, 5.74) is 7.83. The Hall–Kier alpha value is -3.29. The van der Waals surface area contributed by atoms with Crippen LogP contribution < -0.4 is 16.0 Å². The van der Waals surface area contributed by atoms with Gasteiger partial charge in [-0.15, -0.1) is 0 Å². The van der Waals surface area contributed by atoms with Crippen LogP contribution in [0.1, 0.15) is 24.5 Å². The van der Waals surface area contributed by atoms with Crippen LogP contribution in [0.2, 0.25) is 0 Å². The van der Waals surface area contributed by atoms with Crippen LogP contribution in [0, 0.1) is 18.6 Å². The number of halogens is 2. The molecule has 0 radical (unpaired) electrons. The Labute approximate surface area is 175 Å². The number of carbonyl (C=O) groups is 1. The van der Waals surface area contributed by atoms with Crippen LogP contribution in [-0.4, -0.2) is 37.1 Å². The van der Waals surface area contributed by atoms with Gasteiger partial charge in [-0.2, -0.15) is 0 Å². The molecule has 0 bridgehead atoms. The molecule has 0 spiro atoms. The van der Waals surface area contributed by atoms with Crippen molar-refractivity contribution >= 4 is 23.5 Å². The Kier molecular flexibility index (Phi) is 8.46. The molecule has 2 aromatic rings. The van der Waals surface area contributed by atoms with Crippen LogP contribution in [-0.2, 0) is 11.3 Å². The van der Waals surface area contributed by atoms with Crippen LogP contribution in [0.15, 0.2) is 47.2 Å². The Bertz CT molecular complexity index is 923. The largest absolute Gasteiger partial charge is 0.404 e. The van der Waals surface area contributed by atoms with Crippen LogP contribution in [0.5, 0.6) is 0 Å². The standard InChI is InChI=1S/C22H27F2N5O/c1-4-26-22-10-21(19(24)13-28-22)29(3)9-8-20(16(11-25)14-30)27-12-17-15(2)6-5-7-18(17)23/h5-7,10-11,13-14H,4,8-9,12,25H2,1-3H3,(H,26,28)/b16-11-,27-20?. The van der Waals surface area contributed by atoms with Gasteiger partial charge in [-0.1, -0.05) is 12.1 Å². The summed E-state index contributed by atoms with van der Waals surface area (Å²) in [5.74, 6) is -0.237. The van der Waals surface area contributed by atoms with E-state index >= 15 is 0 Å². The van der Waals surface area contributed by atoms with E-state index in [0.717, 1.165) is 11.8 Å². The van der Waals surface area contributed by atoms with Crippen molar-refractivity contribution in [3.8, 4) is 0 Å². The maximum Gasteiger partial charge on any atom is 0.164 e. The lowest BCUT2D eigenvalue weighted by Gasteiger charge is -2.21. The molecule has 0 aliphatic rings. The minimum Gasteiger partial charge on any atom is -0.404 e. The van der Waals surface area contributed by atoms with Crippen molar-refractivity contribution < 1.29 is 13.6 Å². The highest BCUT2D eigenvalue weighted by molar-refractivity contribution is 6.14. The second kappa shape index (κ2) is 11.0. The molecule has 8 heteroatoms. The van der Waals surface area contributed by atoms with Crippen LogP contribution in [0.3, 0.4) is 0 Å². The van der Waals surface area contributed by atoms with Gasteiger partial charge in [0.25, 0.3) is 0 Å². The van der Waals surface area contributed by atoms with Crippen molar-refractivity contribution in [2.75, 3.05) is 30.4 Å². The molecule has 0 amide bonds. The number of aryl methyl sites for hydroxylation is 1. The maximum absolute atomic E-state index is 14.2. The number of rotatable bonds is 10. The molecule has 0 unspecified atom stereocenters. The molecule has 1 heterocycles. The molecule has 2 rings (SSSR count). The van der Waals surface area contributed by atoms with E-state index in [1.54, 1.807) is 37.1 Å². The first-order valence-electron chi connectivity index (χ1n) is 9.66. The molecule has 160 valence electrons. The Balaban J connectivity index is 2.21. The number of hydrogen-bond acceptors (Lipinski definition) is 6. The van der Waals surface area contributed by atoms with E-state index in [-0.39, 0.29) is 17.9 Å². The third-order valence-electron chi connectivity index (χ3n) is 4.71. The quantitative estimate of drug-likeness (QED) is 0.352. The number of aliphatic imine (C=N–C) groups is 1.